The molecule has 0 spiro atoms. The number of rotatable bonds is 3. The van der Waals surface area contributed by atoms with Crippen LogP contribution in [0.4, 0.5) is 5.69 Å². The highest BCUT2D eigenvalue weighted by Gasteiger charge is 1.97. The summed E-state index contributed by atoms with van der Waals surface area (Å²) in [4.78, 5) is 4.39. The average Bonchev–Trinajstić information content (AvgIpc) is 2.29. The molecule has 2 heteroatoms. The first-order valence-corrected chi connectivity index (χ1v) is 5.46. The monoisotopic (exact) mass is 213 g/mol. The van der Waals surface area contributed by atoms with Gasteiger partial charge < -0.3 is 5.11 Å². The summed E-state index contributed by atoms with van der Waals surface area (Å²) < 4.78 is 0. The lowest BCUT2D eigenvalue weighted by molar-refractivity contribution is 0.204. The first-order valence-electron chi connectivity index (χ1n) is 5.46. The van der Waals surface area contributed by atoms with Gasteiger partial charge in [-0.15, -0.1) is 0 Å². The van der Waals surface area contributed by atoms with Crippen molar-refractivity contribution in [2.45, 2.75) is 19.4 Å². The molecule has 0 aliphatic rings. The summed E-state index contributed by atoms with van der Waals surface area (Å²) in [5.41, 5.74) is 0.957. The summed E-state index contributed by atoms with van der Waals surface area (Å²) in [5, 5.41) is 11.5. The minimum Gasteiger partial charge on any atom is -0.393 e. The van der Waals surface area contributed by atoms with Gasteiger partial charge in [0.25, 0.3) is 0 Å². The summed E-state index contributed by atoms with van der Waals surface area (Å²) in [5.74, 6) is 0. The highest BCUT2D eigenvalue weighted by molar-refractivity contribution is 5.93. The lowest BCUT2D eigenvalue weighted by Gasteiger charge is -2.01. The van der Waals surface area contributed by atoms with Crippen LogP contribution in [0.25, 0.3) is 10.8 Å². The first-order chi connectivity index (χ1) is 7.77. The Morgan fingerprint density at radius 3 is 2.75 bits per heavy atom. The van der Waals surface area contributed by atoms with Gasteiger partial charge in [-0.3, -0.25) is 4.99 Å². The predicted octanol–water partition coefficient (Wildman–Crippen LogP) is 3.31. The van der Waals surface area contributed by atoms with Crippen molar-refractivity contribution < 1.29 is 5.11 Å². The van der Waals surface area contributed by atoms with E-state index in [0.29, 0.717) is 6.42 Å². The third-order valence-corrected chi connectivity index (χ3v) is 2.44. The highest BCUT2D eigenvalue weighted by atomic mass is 16.3. The molecule has 2 nitrogen and oxygen atoms in total. The number of aliphatic hydroxyl groups is 1. The quantitative estimate of drug-likeness (QED) is 0.779. The van der Waals surface area contributed by atoms with Gasteiger partial charge in [0.05, 0.1) is 11.8 Å². The summed E-state index contributed by atoms with van der Waals surface area (Å²) in [7, 11) is 0. The minimum absolute atomic E-state index is 0.335. The van der Waals surface area contributed by atoms with E-state index in [-0.39, 0.29) is 6.10 Å². The maximum atomic E-state index is 9.15. The number of hydrogen-bond acceptors (Lipinski definition) is 2. The van der Waals surface area contributed by atoms with Gasteiger partial charge in [0, 0.05) is 18.0 Å². The Labute approximate surface area is 95.3 Å². The summed E-state index contributed by atoms with van der Waals surface area (Å²) >= 11 is 0. The van der Waals surface area contributed by atoms with Crippen LogP contribution in [0, 0.1) is 0 Å². The molecular weight excluding hydrogens is 198 g/mol. The molecule has 0 heterocycles. The molecule has 16 heavy (non-hydrogen) atoms. The first kappa shape index (κ1) is 10.8. The molecule has 2 rings (SSSR count). The van der Waals surface area contributed by atoms with Crippen LogP contribution in [-0.4, -0.2) is 17.4 Å². The molecule has 0 amide bonds. The lowest BCUT2D eigenvalue weighted by atomic mass is 10.1. The molecule has 0 bridgehead atoms. The van der Waals surface area contributed by atoms with E-state index < -0.39 is 0 Å². The summed E-state index contributed by atoms with van der Waals surface area (Å²) in [6.45, 7) is 1.76. The van der Waals surface area contributed by atoms with E-state index in [2.05, 4.69) is 23.2 Å². The maximum absolute atomic E-state index is 9.15. The topological polar surface area (TPSA) is 32.6 Å². The van der Waals surface area contributed by atoms with Crippen molar-refractivity contribution in [3.63, 3.8) is 0 Å². The molecule has 2 aromatic rings. The molecule has 82 valence electrons. The van der Waals surface area contributed by atoms with Crippen molar-refractivity contribution in [3.05, 3.63) is 42.5 Å². The van der Waals surface area contributed by atoms with Crippen LogP contribution in [0.3, 0.4) is 0 Å². The second kappa shape index (κ2) is 4.90. The van der Waals surface area contributed by atoms with Gasteiger partial charge >= 0.3 is 0 Å². The highest BCUT2D eigenvalue weighted by Crippen LogP contribution is 2.25. The van der Waals surface area contributed by atoms with Crippen LogP contribution in [0.2, 0.25) is 0 Å². The van der Waals surface area contributed by atoms with Crippen LogP contribution >= 0.6 is 0 Å². The molecule has 0 radical (unpaired) electrons. The zero-order valence-corrected chi connectivity index (χ0v) is 9.30. The maximum Gasteiger partial charge on any atom is 0.0704 e. The normalized spacial score (nSPS) is 13.4. The Kier molecular flexibility index (Phi) is 3.32. The van der Waals surface area contributed by atoms with E-state index in [9.17, 15) is 0 Å². The largest absolute Gasteiger partial charge is 0.393 e. The van der Waals surface area contributed by atoms with E-state index in [1.807, 2.05) is 24.3 Å². The lowest BCUT2D eigenvalue weighted by Crippen LogP contribution is -1.98. The standard InChI is InChI=1S/C14H15NO/c1-11(16)9-10-15-14-8-4-6-12-5-2-3-7-13(12)14/h2-8,10-11,16H,9H2,1H3. The Hall–Kier alpha value is -1.67. The van der Waals surface area contributed by atoms with Gasteiger partial charge in [-0.2, -0.15) is 0 Å². The number of aliphatic imine (C=N–C) groups is 1. The van der Waals surface area contributed by atoms with Crippen molar-refractivity contribution in [1.29, 1.82) is 0 Å². The van der Waals surface area contributed by atoms with Crippen LogP contribution in [0.5, 0.6) is 0 Å². The Bertz CT molecular complexity index is 498. The Morgan fingerprint density at radius 2 is 1.94 bits per heavy atom. The molecule has 2 aromatic carbocycles. The van der Waals surface area contributed by atoms with Crippen LogP contribution in [0.15, 0.2) is 47.5 Å². The van der Waals surface area contributed by atoms with Crippen LogP contribution in [0.1, 0.15) is 13.3 Å². The van der Waals surface area contributed by atoms with E-state index in [0.717, 1.165) is 11.1 Å². The molecule has 1 N–H and O–H groups in total. The van der Waals surface area contributed by atoms with Gasteiger partial charge in [-0.25, -0.2) is 0 Å². The van der Waals surface area contributed by atoms with Crippen LogP contribution in [-0.2, 0) is 0 Å². The summed E-state index contributed by atoms with van der Waals surface area (Å²) in [6, 6.07) is 14.2. The minimum atomic E-state index is -0.335. The number of aliphatic hydroxyl groups excluding tert-OH is 1. The van der Waals surface area contributed by atoms with Gasteiger partial charge in [-0.1, -0.05) is 36.4 Å². The van der Waals surface area contributed by atoms with Gasteiger partial charge in [-0.05, 0) is 18.4 Å². The van der Waals surface area contributed by atoms with Gasteiger partial charge in [0.15, 0.2) is 0 Å². The van der Waals surface area contributed by atoms with Crippen LogP contribution < -0.4 is 0 Å². The molecular formula is C14H15NO. The van der Waals surface area contributed by atoms with E-state index in [1.165, 1.54) is 5.39 Å². The van der Waals surface area contributed by atoms with Crippen molar-refractivity contribution in [3.8, 4) is 0 Å². The Balaban J connectivity index is 2.34. The molecule has 0 aliphatic carbocycles. The number of fused-ring (bicyclic) bond motifs is 1. The molecule has 0 fully saturated rings. The SMILES string of the molecule is CC(O)CC=Nc1cccc2ccccc12. The molecule has 1 atom stereocenters. The second-order valence-corrected chi connectivity index (χ2v) is 3.89. The molecule has 0 aromatic heterocycles. The summed E-state index contributed by atoms with van der Waals surface area (Å²) in [6.07, 6.45) is 2.02. The van der Waals surface area contributed by atoms with E-state index >= 15 is 0 Å². The molecule has 0 saturated heterocycles. The van der Waals surface area contributed by atoms with Gasteiger partial charge in [0.2, 0.25) is 0 Å². The number of hydrogen-bond donors (Lipinski definition) is 1. The Morgan fingerprint density at radius 1 is 1.19 bits per heavy atom. The van der Waals surface area contributed by atoms with Gasteiger partial charge in [0.1, 0.15) is 0 Å². The average molecular weight is 213 g/mol. The fourth-order valence-corrected chi connectivity index (χ4v) is 1.62. The predicted molar refractivity (Wildman–Crippen MR) is 68.4 cm³/mol. The van der Waals surface area contributed by atoms with Crippen molar-refractivity contribution in [2.24, 2.45) is 4.99 Å². The smallest absolute Gasteiger partial charge is 0.0704 e. The van der Waals surface area contributed by atoms with Crippen molar-refractivity contribution in [2.75, 3.05) is 0 Å². The third kappa shape index (κ3) is 2.47. The number of nitrogens with zero attached hydrogens (tertiary/aromatic N) is 1. The van der Waals surface area contributed by atoms with E-state index in [1.54, 1.807) is 13.1 Å². The van der Waals surface area contributed by atoms with Crippen molar-refractivity contribution >= 4 is 22.7 Å². The van der Waals surface area contributed by atoms with Crippen molar-refractivity contribution in [1.82, 2.24) is 0 Å². The fraction of sp³-hybridized carbons (Fsp3) is 0.214. The molecule has 0 saturated carbocycles. The molecule has 0 aliphatic heterocycles. The number of benzene rings is 2. The zero-order valence-electron chi connectivity index (χ0n) is 9.30. The van der Waals surface area contributed by atoms with E-state index in [4.69, 9.17) is 5.11 Å². The molecule has 1 unspecified atom stereocenters. The third-order valence-electron chi connectivity index (χ3n) is 2.44. The second-order valence-electron chi connectivity index (χ2n) is 3.89. The zero-order chi connectivity index (χ0) is 11.4. The fourth-order valence-electron chi connectivity index (χ4n) is 1.62.